The Morgan fingerprint density at radius 3 is 2.55 bits per heavy atom. The first-order valence-corrected chi connectivity index (χ1v) is 10.9. The van der Waals surface area contributed by atoms with E-state index in [1.807, 2.05) is 33.8 Å². The fourth-order valence-corrected chi connectivity index (χ4v) is 3.48. The minimum atomic E-state index is -0.363. The summed E-state index contributed by atoms with van der Waals surface area (Å²) in [6.07, 6.45) is 3.69. The second-order valence-electron chi connectivity index (χ2n) is 7.92. The van der Waals surface area contributed by atoms with E-state index in [1.165, 1.54) is 6.07 Å². The summed E-state index contributed by atoms with van der Waals surface area (Å²) in [6, 6.07) is 7.06. The van der Waals surface area contributed by atoms with Gasteiger partial charge in [0.1, 0.15) is 11.3 Å². The molecule has 0 unspecified atom stereocenters. The smallest absolute Gasteiger partial charge is 0.338 e. The van der Waals surface area contributed by atoms with E-state index in [2.05, 4.69) is 23.4 Å². The predicted octanol–water partition coefficient (Wildman–Crippen LogP) is 6.36. The van der Waals surface area contributed by atoms with E-state index in [0.29, 0.717) is 10.6 Å². The van der Waals surface area contributed by atoms with Crippen molar-refractivity contribution in [2.45, 2.75) is 46.6 Å². The average molecular weight is 445 g/mol. The number of benzene rings is 1. The van der Waals surface area contributed by atoms with Gasteiger partial charge in [-0.1, -0.05) is 24.3 Å². The molecule has 1 aromatic carbocycles. The second-order valence-corrected chi connectivity index (χ2v) is 8.36. The Bertz CT molecular complexity index is 997. The first-order chi connectivity index (χ1) is 14.7. The van der Waals surface area contributed by atoms with E-state index in [9.17, 15) is 4.79 Å². The third-order valence-electron chi connectivity index (χ3n) is 5.05. The molecule has 0 bridgehead atoms. The Kier molecular flexibility index (Phi) is 9.41. The summed E-state index contributed by atoms with van der Waals surface area (Å²) in [5.74, 6) is 1.68. The Labute approximate surface area is 190 Å². The number of hydrogen-bond acceptors (Lipinski definition) is 5. The van der Waals surface area contributed by atoms with Gasteiger partial charge in [0, 0.05) is 35.6 Å². The van der Waals surface area contributed by atoms with E-state index >= 15 is 0 Å². The van der Waals surface area contributed by atoms with E-state index in [4.69, 9.17) is 20.8 Å². The van der Waals surface area contributed by atoms with Crippen molar-refractivity contribution in [1.29, 1.82) is 0 Å². The van der Waals surface area contributed by atoms with Gasteiger partial charge < -0.3 is 14.5 Å². The molecule has 6 heteroatoms. The number of rotatable bonds is 6. The number of nitrogens with zero attached hydrogens (tertiary/aromatic N) is 1. The number of halogens is 1. The highest BCUT2D eigenvalue weighted by Gasteiger charge is 2.21. The maximum atomic E-state index is 11.9. The van der Waals surface area contributed by atoms with Crippen LogP contribution in [0.25, 0.3) is 11.0 Å². The number of anilines is 1. The molecule has 1 saturated heterocycles. The molecule has 0 spiro atoms. The molecule has 168 valence electrons. The average Bonchev–Trinajstić information content (AvgIpc) is 2.70. The van der Waals surface area contributed by atoms with Crippen LogP contribution in [0.15, 0.2) is 69.8 Å². The predicted molar refractivity (Wildman–Crippen MR) is 131 cm³/mol. The third kappa shape index (κ3) is 7.60. The van der Waals surface area contributed by atoms with Crippen LogP contribution in [0.5, 0.6) is 0 Å². The molecule has 0 radical (unpaired) electrons. The quantitative estimate of drug-likeness (QED) is 0.319. The van der Waals surface area contributed by atoms with E-state index in [-0.39, 0.29) is 11.7 Å². The van der Waals surface area contributed by atoms with E-state index in [1.54, 1.807) is 18.2 Å². The van der Waals surface area contributed by atoms with Crippen molar-refractivity contribution < 1.29 is 9.15 Å². The van der Waals surface area contributed by atoms with Crippen LogP contribution in [0.4, 0.5) is 5.69 Å². The largest absolute Gasteiger partial charge is 0.466 e. The molecule has 31 heavy (non-hydrogen) atoms. The van der Waals surface area contributed by atoms with Crippen molar-refractivity contribution in [3.63, 3.8) is 0 Å². The molecule has 5 nitrogen and oxygen atoms in total. The van der Waals surface area contributed by atoms with E-state index in [0.717, 1.165) is 60.6 Å². The van der Waals surface area contributed by atoms with Crippen molar-refractivity contribution in [2.75, 3.05) is 25.0 Å². The van der Waals surface area contributed by atoms with Gasteiger partial charge in [0.2, 0.25) is 0 Å². The minimum Gasteiger partial charge on any atom is -0.466 e. The summed E-state index contributed by atoms with van der Waals surface area (Å²) in [5.41, 5.74) is 2.11. The van der Waals surface area contributed by atoms with Crippen molar-refractivity contribution in [2.24, 2.45) is 0 Å². The van der Waals surface area contributed by atoms with Crippen LogP contribution in [0.1, 0.15) is 40.5 Å². The highest BCUT2D eigenvalue weighted by Crippen LogP contribution is 2.27. The van der Waals surface area contributed by atoms with Crippen LogP contribution >= 0.6 is 11.6 Å². The molecule has 0 saturated carbocycles. The molecule has 1 aliphatic heterocycles. The van der Waals surface area contributed by atoms with Crippen LogP contribution in [0.3, 0.4) is 0 Å². The van der Waals surface area contributed by atoms with Gasteiger partial charge in [0.25, 0.3) is 0 Å². The van der Waals surface area contributed by atoms with Crippen LogP contribution in [0.2, 0.25) is 5.02 Å². The van der Waals surface area contributed by atoms with Crippen molar-refractivity contribution in [3.8, 4) is 0 Å². The molecule has 1 fully saturated rings. The van der Waals surface area contributed by atoms with Gasteiger partial charge in [-0.25, -0.2) is 4.79 Å². The van der Waals surface area contributed by atoms with Crippen molar-refractivity contribution in [3.05, 3.63) is 76.0 Å². The topological polar surface area (TPSA) is 54.7 Å². The third-order valence-corrected chi connectivity index (χ3v) is 5.29. The summed E-state index contributed by atoms with van der Waals surface area (Å²) in [6.45, 7) is 17.9. The first kappa shape index (κ1) is 24.8. The van der Waals surface area contributed by atoms with Gasteiger partial charge in [0.15, 0.2) is 0 Å². The van der Waals surface area contributed by atoms with Gasteiger partial charge in [-0.05, 0) is 64.3 Å². The fraction of sp³-hybridized carbons (Fsp3) is 0.400. The summed E-state index contributed by atoms with van der Waals surface area (Å²) in [4.78, 5) is 14.2. The summed E-state index contributed by atoms with van der Waals surface area (Å²) in [5, 5.41) is 4.95. The molecule has 1 aromatic heterocycles. The normalized spacial score (nSPS) is 14.4. The van der Waals surface area contributed by atoms with Crippen LogP contribution in [0, 0.1) is 0 Å². The lowest BCUT2D eigenvalue weighted by molar-refractivity contribution is 0.190. The second kappa shape index (κ2) is 11.8. The molecule has 0 amide bonds. The first-order valence-electron chi connectivity index (χ1n) is 10.5. The van der Waals surface area contributed by atoms with Crippen molar-refractivity contribution >= 4 is 28.3 Å². The van der Waals surface area contributed by atoms with Gasteiger partial charge in [-0.2, -0.15) is 0 Å². The lowest BCUT2D eigenvalue weighted by Gasteiger charge is -2.33. The summed E-state index contributed by atoms with van der Waals surface area (Å²) >= 11 is 6.12. The number of hydrogen-bond donors (Lipinski definition) is 1. The lowest BCUT2D eigenvalue weighted by atomic mass is 10.0. The fourth-order valence-electron chi connectivity index (χ4n) is 3.31. The summed E-state index contributed by atoms with van der Waals surface area (Å²) in [7, 11) is 0. The van der Waals surface area contributed by atoms with Crippen molar-refractivity contribution in [1.82, 2.24) is 4.90 Å². The molecule has 1 aliphatic rings. The maximum absolute atomic E-state index is 11.9. The molecule has 2 heterocycles. The zero-order chi connectivity index (χ0) is 23.0. The molecule has 2 aromatic rings. The number of fused-ring (bicyclic) bond motifs is 1. The zero-order valence-corrected chi connectivity index (χ0v) is 19.7. The highest BCUT2D eigenvalue weighted by molar-refractivity contribution is 6.31. The number of nitrogens with one attached hydrogen (secondary N) is 1. The Balaban J connectivity index is 0.00000107. The maximum Gasteiger partial charge on any atom is 0.338 e. The van der Waals surface area contributed by atoms with Gasteiger partial charge >= 0.3 is 5.63 Å². The number of piperidine rings is 1. The van der Waals surface area contributed by atoms with Gasteiger partial charge in [0.05, 0.1) is 18.0 Å². The highest BCUT2D eigenvalue weighted by atomic mass is 35.5. The Hall–Kier alpha value is -2.50. The molecule has 0 atom stereocenters. The number of likely N-dealkylation sites (tertiary alicyclic amines) is 1. The lowest BCUT2D eigenvalue weighted by Crippen LogP contribution is -2.40. The zero-order valence-electron chi connectivity index (χ0n) is 19.0. The Morgan fingerprint density at radius 2 is 1.94 bits per heavy atom. The molecular weight excluding hydrogens is 412 g/mol. The molecule has 3 rings (SSSR count). The van der Waals surface area contributed by atoms with Crippen LogP contribution in [-0.4, -0.2) is 30.6 Å². The van der Waals surface area contributed by atoms with E-state index < -0.39 is 0 Å². The van der Waals surface area contributed by atoms with Crippen LogP contribution in [-0.2, 0) is 4.74 Å². The monoisotopic (exact) mass is 444 g/mol. The molecular formula is C25H33ClN2O3. The summed E-state index contributed by atoms with van der Waals surface area (Å²) < 4.78 is 11.0. The van der Waals surface area contributed by atoms with Gasteiger partial charge in [-0.15, -0.1) is 6.58 Å². The standard InChI is InChI=1S/C22H27ClN2O3.C3H6/c1-14(2)16(4)27-15(3)13-25-9-7-18(8-10-25)24-20-12-22(26)28-21-6-5-17(23)11-19(20)21;1-3-2/h5-6,11-12,18,24H,3,7-10,13H2,1-2,4H3;3H,1H2,2H3. The minimum absolute atomic E-state index is 0.286. The molecule has 1 N–H and O–H groups in total. The van der Waals surface area contributed by atoms with Crippen LogP contribution < -0.4 is 10.9 Å². The molecule has 0 aliphatic carbocycles. The SMILES string of the molecule is C=C(CN1CCC(Nc2cc(=O)oc3ccc(Cl)cc23)CC1)OC(C)=C(C)C.C=CC. The Morgan fingerprint density at radius 1 is 1.29 bits per heavy atom. The van der Waals surface area contributed by atoms with Gasteiger partial charge in [-0.3, -0.25) is 4.90 Å². The number of allylic oxidation sites excluding steroid dienone is 3. The number of ether oxygens (including phenoxy) is 1.